The first kappa shape index (κ1) is 24.2. The van der Waals surface area contributed by atoms with Gasteiger partial charge in [0.1, 0.15) is 0 Å². The smallest absolute Gasteiger partial charge is 0.418 e. The number of carbonyl (C=O) groups excluding carboxylic acids is 2. The van der Waals surface area contributed by atoms with Gasteiger partial charge in [-0.05, 0) is 49.4 Å². The van der Waals surface area contributed by atoms with Crippen LogP contribution in [-0.2, 0) is 15.7 Å². The third kappa shape index (κ3) is 5.41. The van der Waals surface area contributed by atoms with Gasteiger partial charge >= 0.3 is 12.1 Å². The number of amides is 1. The topological polar surface area (TPSA) is 81.2 Å². The highest BCUT2D eigenvalue weighted by molar-refractivity contribution is 6.30. The number of esters is 1. The quantitative estimate of drug-likeness (QED) is 0.333. The number of ether oxygens (including phenoxy) is 1. The van der Waals surface area contributed by atoms with E-state index in [0.717, 1.165) is 6.07 Å². The Morgan fingerprint density at radius 3 is 2.46 bits per heavy atom. The second-order valence-electron chi connectivity index (χ2n) is 7.53. The summed E-state index contributed by atoms with van der Waals surface area (Å²) in [6.45, 7) is 1.27. The van der Waals surface area contributed by atoms with Gasteiger partial charge in [0.05, 0.1) is 28.0 Å². The monoisotopic (exact) mass is 499 g/mol. The first-order valence-corrected chi connectivity index (χ1v) is 10.7. The Balaban J connectivity index is 1.60. The minimum Gasteiger partial charge on any atom is -0.449 e. The molecule has 0 fully saturated rings. The van der Waals surface area contributed by atoms with Crippen molar-refractivity contribution >= 4 is 40.1 Å². The fourth-order valence-corrected chi connectivity index (χ4v) is 3.56. The Morgan fingerprint density at radius 1 is 1.03 bits per heavy atom. The van der Waals surface area contributed by atoms with Crippen molar-refractivity contribution in [2.24, 2.45) is 0 Å². The van der Waals surface area contributed by atoms with Crippen LogP contribution in [0.2, 0.25) is 5.02 Å². The van der Waals surface area contributed by atoms with Gasteiger partial charge < -0.3 is 10.1 Å². The molecule has 10 heteroatoms. The minimum absolute atomic E-state index is 0.135. The van der Waals surface area contributed by atoms with Crippen LogP contribution in [0.5, 0.6) is 0 Å². The Morgan fingerprint density at radius 2 is 1.74 bits per heavy atom. The largest absolute Gasteiger partial charge is 0.449 e. The summed E-state index contributed by atoms with van der Waals surface area (Å²) in [6.07, 6.45) is -2.96. The number of halogens is 4. The van der Waals surface area contributed by atoms with Crippen LogP contribution in [0.3, 0.4) is 0 Å². The summed E-state index contributed by atoms with van der Waals surface area (Å²) in [5, 5.41) is 2.53. The average Bonchev–Trinajstić information content (AvgIpc) is 2.84. The van der Waals surface area contributed by atoms with Crippen molar-refractivity contribution < 1.29 is 27.5 Å². The molecule has 178 valence electrons. The zero-order valence-corrected chi connectivity index (χ0v) is 18.9. The maximum atomic E-state index is 13.3. The third-order valence-corrected chi connectivity index (χ3v) is 5.35. The van der Waals surface area contributed by atoms with Gasteiger partial charge in [0.25, 0.3) is 5.91 Å². The van der Waals surface area contributed by atoms with E-state index in [1.807, 2.05) is 0 Å². The lowest BCUT2D eigenvalue weighted by Gasteiger charge is -2.17. The van der Waals surface area contributed by atoms with Crippen molar-refractivity contribution in [3.05, 3.63) is 89.2 Å². The maximum Gasteiger partial charge on any atom is 0.418 e. The molecule has 6 nitrogen and oxygen atoms in total. The highest BCUT2D eigenvalue weighted by atomic mass is 35.5. The average molecular weight is 500 g/mol. The molecule has 0 aliphatic heterocycles. The van der Waals surface area contributed by atoms with E-state index in [2.05, 4.69) is 15.3 Å². The first-order valence-electron chi connectivity index (χ1n) is 10.3. The summed E-state index contributed by atoms with van der Waals surface area (Å²) in [5.41, 5.74) is 0.286. The van der Waals surface area contributed by atoms with Crippen LogP contribution in [0.4, 0.5) is 18.9 Å². The van der Waals surface area contributed by atoms with Crippen molar-refractivity contribution in [1.82, 2.24) is 9.97 Å². The van der Waals surface area contributed by atoms with E-state index < -0.39 is 35.4 Å². The van der Waals surface area contributed by atoms with Crippen LogP contribution >= 0.6 is 11.6 Å². The molecule has 1 amide bonds. The summed E-state index contributed by atoms with van der Waals surface area (Å²) in [6, 6.07) is 14.9. The molecule has 1 N–H and O–H groups in total. The van der Waals surface area contributed by atoms with Crippen molar-refractivity contribution in [1.29, 1.82) is 0 Å². The second kappa shape index (κ2) is 9.71. The summed E-state index contributed by atoms with van der Waals surface area (Å²) in [5.74, 6) is -1.76. The van der Waals surface area contributed by atoms with E-state index in [1.165, 1.54) is 19.1 Å². The second-order valence-corrected chi connectivity index (χ2v) is 7.97. The number of rotatable bonds is 5. The van der Waals surface area contributed by atoms with Crippen molar-refractivity contribution in [3.63, 3.8) is 0 Å². The molecule has 2 heterocycles. The maximum absolute atomic E-state index is 13.3. The number of aromatic nitrogens is 2. The van der Waals surface area contributed by atoms with Crippen LogP contribution in [0.25, 0.3) is 22.2 Å². The minimum atomic E-state index is -4.74. The van der Waals surface area contributed by atoms with E-state index in [-0.39, 0.29) is 10.6 Å². The zero-order chi connectivity index (χ0) is 25.2. The van der Waals surface area contributed by atoms with E-state index in [4.69, 9.17) is 16.3 Å². The molecule has 0 bridgehead atoms. The van der Waals surface area contributed by atoms with Gasteiger partial charge in [-0.15, -0.1) is 0 Å². The molecule has 0 saturated carbocycles. The summed E-state index contributed by atoms with van der Waals surface area (Å²) in [4.78, 5) is 34.2. The molecule has 35 heavy (non-hydrogen) atoms. The predicted molar refractivity (Wildman–Crippen MR) is 125 cm³/mol. The lowest BCUT2D eigenvalue weighted by atomic mass is 10.0. The molecule has 4 rings (SSSR count). The number of carbonyl (C=O) groups is 2. The van der Waals surface area contributed by atoms with Crippen LogP contribution in [-0.4, -0.2) is 27.9 Å². The number of nitrogens with zero attached hydrogens (tertiary/aromatic N) is 2. The van der Waals surface area contributed by atoms with Crippen LogP contribution in [0, 0.1) is 0 Å². The molecule has 0 spiro atoms. The van der Waals surface area contributed by atoms with Gasteiger partial charge in [0.2, 0.25) is 0 Å². The molecule has 0 aliphatic rings. The molecule has 1 unspecified atom stereocenters. The molecule has 0 aliphatic carbocycles. The Labute approximate surface area is 202 Å². The highest BCUT2D eigenvalue weighted by Gasteiger charge is 2.35. The normalized spacial score (nSPS) is 12.3. The van der Waals surface area contributed by atoms with E-state index in [0.29, 0.717) is 28.2 Å². The number of hydrogen-bond acceptors (Lipinski definition) is 5. The van der Waals surface area contributed by atoms with E-state index in [1.54, 1.807) is 48.8 Å². The summed E-state index contributed by atoms with van der Waals surface area (Å²) in [7, 11) is 0. The van der Waals surface area contributed by atoms with Gasteiger partial charge in [-0.1, -0.05) is 29.8 Å². The van der Waals surface area contributed by atoms with Crippen LogP contribution < -0.4 is 5.32 Å². The Hall–Kier alpha value is -3.98. The summed E-state index contributed by atoms with van der Waals surface area (Å²) < 4.78 is 45.3. The van der Waals surface area contributed by atoms with Gasteiger partial charge in [-0.2, -0.15) is 13.2 Å². The highest BCUT2D eigenvalue weighted by Crippen LogP contribution is 2.36. The fourth-order valence-electron chi connectivity index (χ4n) is 3.39. The summed E-state index contributed by atoms with van der Waals surface area (Å²) >= 11 is 5.67. The van der Waals surface area contributed by atoms with Crippen LogP contribution in [0.15, 0.2) is 73.1 Å². The van der Waals surface area contributed by atoms with Crippen molar-refractivity contribution in [2.75, 3.05) is 5.32 Å². The number of alkyl halides is 3. The number of para-hydroxylation sites is 1. The number of anilines is 1. The molecule has 2 aromatic carbocycles. The number of nitrogens with one attached hydrogen (secondary N) is 1. The fraction of sp³-hybridized carbons (Fsp3) is 0.120. The van der Waals surface area contributed by atoms with Gasteiger partial charge in [-0.3, -0.25) is 9.78 Å². The zero-order valence-electron chi connectivity index (χ0n) is 18.1. The first-order chi connectivity index (χ1) is 16.6. The molecule has 0 saturated heterocycles. The number of fused-ring (bicyclic) bond motifs is 1. The SMILES string of the molecule is CC(OC(=O)c1cc(-c2ccncc2)nc2ccccc12)C(=O)Nc1ccc(Cl)cc1C(F)(F)F. The van der Waals surface area contributed by atoms with Crippen molar-refractivity contribution in [2.45, 2.75) is 19.2 Å². The van der Waals surface area contributed by atoms with Crippen molar-refractivity contribution in [3.8, 4) is 11.3 Å². The lowest BCUT2D eigenvalue weighted by Crippen LogP contribution is -2.31. The lowest BCUT2D eigenvalue weighted by molar-refractivity contribution is -0.137. The molecule has 4 aromatic rings. The number of benzene rings is 2. The van der Waals surface area contributed by atoms with E-state index in [9.17, 15) is 22.8 Å². The molecule has 0 radical (unpaired) electrons. The van der Waals surface area contributed by atoms with Crippen LogP contribution in [0.1, 0.15) is 22.8 Å². The molecular formula is C25H17ClF3N3O3. The van der Waals surface area contributed by atoms with Gasteiger partial charge in [0, 0.05) is 28.4 Å². The van der Waals surface area contributed by atoms with E-state index >= 15 is 0 Å². The van der Waals surface area contributed by atoms with Gasteiger partial charge in [-0.25, -0.2) is 9.78 Å². The molecular weight excluding hydrogens is 483 g/mol. The number of hydrogen-bond donors (Lipinski definition) is 1. The molecule has 1 atom stereocenters. The number of pyridine rings is 2. The Kier molecular flexibility index (Phi) is 6.70. The predicted octanol–water partition coefficient (Wildman–Crippen LogP) is 6.15. The third-order valence-electron chi connectivity index (χ3n) is 5.11. The molecule has 2 aromatic heterocycles. The Bertz CT molecular complexity index is 1410. The van der Waals surface area contributed by atoms with Gasteiger partial charge in [0.15, 0.2) is 6.10 Å². The standard InChI is InChI=1S/C25H17ClF3N3O3/c1-14(23(33)32-21-7-6-16(26)12-19(21)25(27,28)29)35-24(34)18-13-22(15-8-10-30-11-9-15)31-20-5-3-2-4-17(18)20/h2-14H,1H3,(H,32,33).